The maximum Gasteiger partial charge on any atom is 0.269 e. The molecule has 6 heteroatoms. The molecule has 2 rings (SSSR count). The Morgan fingerprint density at radius 2 is 2.53 bits per heavy atom. The molecule has 0 aromatic carbocycles. The Labute approximate surface area is 112 Å². The van der Waals surface area contributed by atoms with Crippen molar-refractivity contribution in [2.45, 2.75) is 13.0 Å². The van der Waals surface area contributed by atoms with Crippen LogP contribution < -0.4 is 16.0 Å². The summed E-state index contributed by atoms with van der Waals surface area (Å²) in [4.78, 5) is 15.7. The lowest BCUT2D eigenvalue weighted by Gasteiger charge is -2.24. The van der Waals surface area contributed by atoms with Crippen LogP contribution in [0.15, 0.2) is 18.3 Å². The highest BCUT2D eigenvalue weighted by Gasteiger charge is 2.12. The lowest BCUT2D eigenvalue weighted by molar-refractivity contribution is 0.0806. The molecule has 1 saturated heterocycles. The molecule has 6 nitrogen and oxygen atoms in total. The number of ether oxygens (including phenoxy) is 1. The molecule has 2 heterocycles. The van der Waals surface area contributed by atoms with Gasteiger partial charge in [0.25, 0.3) is 5.91 Å². The number of carbonyl (C=O) groups excluding carboxylic acids is 1. The summed E-state index contributed by atoms with van der Waals surface area (Å²) in [6, 6.07) is 3.91. The Kier molecular flexibility index (Phi) is 5.11. The molecule has 0 radical (unpaired) electrons. The van der Waals surface area contributed by atoms with Gasteiger partial charge < -0.3 is 20.7 Å². The fraction of sp³-hybridized carbons (Fsp3) is 0.538. The van der Waals surface area contributed by atoms with Crippen LogP contribution in [0.25, 0.3) is 0 Å². The van der Waals surface area contributed by atoms with E-state index in [1.807, 2.05) is 13.0 Å². The van der Waals surface area contributed by atoms with E-state index in [0.717, 1.165) is 25.4 Å². The van der Waals surface area contributed by atoms with Crippen molar-refractivity contribution in [3.63, 3.8) is 0 Å². The van der Waals surface area contributed by atoms with Crippen molar-refractivity contribution in [3.8, 4) is 0 Å². The number of aromatic nitrogens is 1. The largest absolute Gasteiger partial charge is 0.383 e. The summed E-state index contributed by atoms with van der Waals surface area (Å²) in [6.45, 7) is 5.61. The van der Waals surface area contributed by atoms with Gasteiger partial charge in [0.2, 0.25) is 0 Å². The Hall–Kier alpha value is -1.66. The van der Waals surface area contributed by atoms with Crippen molar-refractivity contribution in [3.05, 3.63) is 24.0 Å². The normalized spacial score (nSPS) is 18.9. The van der Waals surface area contributed by atoms with Crippen LogP contribution in [0.5, 0.6) is 0 Å². The molecule has 1 aliphatic heterocycles. The topological polar surface area (TPSA) is 75.3 Å². The number of hydrogen-bond donors (Lipinski definition) is 3. The van der Waals surface area contributed by atoms with E-state index in [4.69, 9.17) is 4.74 Å². The van der Waals surface area contributed by atoms with Crippen LogP contribution in [-0.2, 0) is 4.74 Å². The van der Waals surface area contributed by atoms with Gasteiger partial charge in [0, 0.05) is 37.6 Å². The molecule has 1 fully saturated rings. The number of rotatable bonds is 5. The molecule has 1 unspecified atom stereocenters. The van der Waals surface area contributed by atoms with Crippen molar-refractivity contribution < 1.29 is 9.53 Å². The summed E-state index contributed by atoms with van der Waals surface area (Å²) in [6.07, 6.45) is 1.64. The van der Waals surface area contributed by atoms with Gasteiger partial charge in [-0.2, -0.15) is 0 Å². The van der Waals surface area contributed by atoms with Crippen LogP contribution in [0.3, 0.4) is 0 Å². The van der Waals surface area contributed by atoms with E-state index in [1.165, 1.54) is 0 Å². The van der Waals surface area contributed by atoms with Crippen molar-refractivity contribution in [2.75, 3.05) is 38.2 Å². The summed E-state index contributed by atoms with van der Waals surface area (Å²) in [5, 5.41) is 9.39. The molecule has 104 valence electrons. The Morgan fingerprint density at radius 1 is 1.63 bits per heavy atom. The van der Waals surface area contributed by atoms with Gasteiger partial charge in [0.1, 0.15) is 5.69 Å². The first-order valence-corrected chi connectivity index (χ1v) is 6.59. The number of nitrogens with one attached hydrogen (secondary N) is 3. The minimum Gasteiger partial charge on any atom is -0.383 e. The van der Waals surface area contributed by atoms with Crippen molar-refractivity contribution in [1.29, 1.82) is 0 Å². The van der Waals surface area contributed by atoms with Gasteiger partial charge in [-0.05, 0) is 19.1 Å². The molecule has 1 aromatic heterocycles. The van der Waals surface area contributed by atoms with E-state index in [1.54, 1.807) is 12.3 Å². The maximum absolute atomic E-state index is 11.7. The Balaban J connectivity index is 1.89. The highest BCUT2D eigenvalue weighted by Crippen LogP contribution is 2.08. The minimum absolute atomic E-state index is 0.148. The van der Waals surface area contributed by atoms with Crippen molar-refractivity contribution in [2.24, 2.45) is 0 Å². The molecule has 1 aromatic rings. The number of anilines is 1. The predicted octanol–water partition coefficient (Wildman–Crippen LogP) is 0.232. The second-order valence-electron chi connectivity index (χ2n) is 4.40. The van der Waals surface area contributed by atoms with Gasteiger partial charge >= 0.3 is 0 Å². The number of pyridine rings is 1. The van der Waals surface area contributed by atoms with Crippen LogP contribution >= 0.6 is 0 Å². The maximum atomic E-state index is 11.7. The molecule has 1 aliphatic rings. The van der Waals surface area contributed by atoms with E-state index in [0.29, 0.717) is 24.9 Å². The first-order chi connectivity index (χ1) is 9.29. The van der Waals surface area contributed by atoms with E-state index in [2.05, 4.69) is 20.9 Å². The summed E-state index contributed by atoms with van der Waals surface area (Å²) < 4.78 is 5.39. The summed E-state index contributed by atoms with van der Waals surface area (Å²) in [7, 11) is 0. The highest BCUT2D eigenvalue weighted by atomic mass is 16.5. The fourth-order valence-electron chi connectivity index (χ4n) is 1.91. The molecular formula is C13H20N4O2. The number of morpholine rings is 1. The lowest BCUT2D eigenvalue weighted by Crippen LogP contribution is -2.45. The quantitative estimate of drug-likeness (QED) is 0.710. The van der Waals surface area contributed by atoms with Crippen LogP contribution in [0.4, 0.5) is 5.69 Å². The van der Waals surface area contributed by atoms with Crippen LogP contribution in [-0.4, -0.2) is 49.8 Å². The van der Waals surface area contributed by atoms with Gasteiger partial charge in [-0.3, -0.25) is 9.78 Å². The molecule has 0 aliphatic carbocycles. The third kappa shape index (κ3) is 4.18. The second-order valence-corrected chi connectivity index (χ2v) is 4.40. The second kappa shape index (κ2) is 7.06. The van der Waals surface area contributed by atoms with E-state index >= 15 is 0 Å². The van der Waals surface area contributed by atoms with Gasteiger partial charge in [-0.25, -0.2) is 0 Å². The molecule has 19 heavy (non-hydrogen) atoms. The smallest absolute Gasteiger partial charge is 0.269 e. The van der Waals surface area contributed by atoms with Gasteiger partial charge in [-0.15, -0.1) is 0 Å². The molecule has 1 atom stereocenters. The third-order valence-electron chi connectivity index (χ3n) is 2.88. The van der Waals surface area contributed by atoms with Crippen LogP contribution in [0, 0.1) is 0 Å². The van der Waals surface area contributed by atoms with Crippen molar-refractivity contribution in [1.82, 2.24) is 15.6 Å². The van der Waals surface area contributed by atoms with Crippen molar-refractivity contribution >= 4 is 11.6 Å². The standard InChI is InChI=1S/C13H20N4O2/c1-2-14-13(18)12-7-10(3-4-16-12)17-8-11-9-19-6-5-15-11/h3-4,7,11,15H,2,5-6,8-9H2,1H3,(H,14,18)(H,16,17). The van der Waals surface area contributed by atoms with E-state index < -0.39 is 0 Å². The minimum atomic E-state index is -0.148. The molecule has 0 saturated carbocycles. The molecule has 1 amide bonds. The van der Waals surface area contributed by atoms with Gasteiger partial charge in [-0.1, -0.05) is 0 Å². The van der Waals surface area contributed by atoms with Gasteiger partial charge in [0.05, 0.1) is 13.2 Å². The number of nitrogens with zero attached hydrogens (tertiary/aromatic N) is 1. The number of hydrogen-bond acceptors (Lipinski definition) is 5. The average molecular weight is 264 g/mol. The zero-order valence-corrected chi connectivity index (χ0v) is 11.1. The lowest BCUT2D eigenvalue weighted by atomic mass is 10.2. The summed E-state index contributed by atoms with van der Waals surface area (Å²) in [5.41, 5.74) is 1.32. The first kappa shape index (κ1) is 13.8. The Morgan fingerprint density at radius 3 is 3.26 bits per heavy atom. The van der Waals surface area contributed by atoms with Gasteiger partial charge in [0.15, 0.2) is 0 Å². The zero-order valence-electron chi connectivity index (χ0n) is 11.1. The molecule has 0 bridgehead atoms. The SMILES string of the molecule is CCNC(=O)c1cc(NCC2COCCN2)ccn1. The predicted molar refractivity (Wildman–Crippen MR) is 73.3 cm³/mol. The third-order valence-corrected chi connectivity index (χ3v) is 2.88. The molecule has 0 spiro atoms. The van der Waals surface area contributed by atoms with Crippen LogP contribution in [0.1, 0.15) is 17.4 Å². The van der Waals surface area contributed by atoms with Crippen LogP contribution in [0.2, 0.25) is 0 Å². The summed E-state index contributed by atoms with van der Waals surface area (Å²) >= 11 is 0. The van der Waals surface area contributed by atoms with E-state index in [9.17, 15) is 4.79 Å². The average Bonchev–Trinajstić information content (AvgIpc) is 2.47. The first-order valence-electron chi connectivity index (χ1n) is 6.59. The monoisotopic (exact) mass is 264 g/mol. The number of carbonyl (C=O) groups is 1. The fourth-order valence-corrected chi connectivity index (χ4v) is 1.91. The summed E-state index contributed by atoms with van der Waals surface area (Å²) in [5.74, 6) is -0.148. The Bertz CT molecular complexity index is 419. The highest BCUT2D eigenvalue weighted by molar-refractivity contribution is 5.93. The molecular weight excluding hydrogens is 244 g/mol. The number of amides is 1. The van der Waals surface area contributed by atoms with E-state index in [-0.39, 0.29) is 5.91 Å². The zero-order chi connectivity index (χ0) is 13.5. The molecule has 3 N–H and O–H groups in total.